The molecular weight excluding hydrogens is 188 g/mol. The van der Waals surface area contributed by atoms with Gasteiger partial charge in [-0.1, -0.05) is 32.3 Å². The summed E-state index contributed by atoms with van der Waals surface area (Å²) in [5.74, 6) is 0.500. The zero-order valence-corrected chi connectivity index (χ0v) is 9.34. The standard InChI is InChI=1S/C13H20O2/c1-2-13(14)15-12-10-8-6-4-3-5-7-9-11-12/h2,10H,1,3-9,11H2/b12-10+. The zero-order valence-electron chi connectivity index (χ0n) is 9.34. The van der Waals surface area contributed by atoms with Crippen molar-refractivity contribution in [3.05, 3.63) is 24.5 Å². The predicted octanol–water partition coefficient (Wildman–Crippen LogP) is 3.73. The van der Waals surface area contributed by atoms with Crippen LogP contribution in [0.3, 0.4) is 0 Å². The molecule has 0 atom stereocenters. The maximum atomic E-state index is 11.1. The van der Waals surface area contributed by atoms with Crippen molar-refractivity contribution in [2.75, 3.05) is 0 Å². The van der Waals surface area contributed by atoms with Crippen molar-refractivity contribution in [2.24, 2.45) is 0 Å². The van der Waals surface area contributed by atoms with Crippen LogP contribution in [0.15, 0.2) is 24.5 Å². The number of carbonyl (C=O) groups is 1. The number of ether oxygens (including phenoxy) is 1. The highest BCUT2D eigenvalue weighted by atomic mass is 16.5. The number of hydrogen-bond donors (Lipinski definition) is 0. The molecule has 0 fully saturated rings. The van der Waals surface area contributed by atoms with Crippen LogP contribution in [0.4, 0.5) is 0 Å². The molecule has 0 aromatic rings. The minimum Gasteiger partial charge on any atom is -0.428 e. The third kappa shape index (κ3) is 5.40. The molecule has 0 radical (unpaired) electrons. The summed E-state index contributed by atoms with van der Waals surface area (Å²) in [6.07, 6.45) is 12.7. The van der Waals surface area contributed by atoms with Crippen molar-refractivity contribution in [1.29, 1.82) is 0 Å². The van der Waals surface area contributed by atoms with Gasteiger partial charge in [0.2, 0.25) is 0 Å². The summed E-state index contributed by atoms with van der Waals surface area (Å²) in [4.78, 5) is 11.1. The van der Waals surface area contributed by atoms with Crippen LogP contribution in [0.5, 0.6) is 0 Å². The number of hydrogen-bond acceptors (Lipinski definition) is 2. The lowest BCUT2D eigenvalue weighted by atomic mass is 10.0. The van der Waals surface area contributed by atoms with Gasteiger partial charge in [-0.15, -0.1) is 0 Å². The molecule has 0 bridgehead atoms. The van der Waals surface area contributed by atoms with Gasteiger partial charge >= 0.3 is 5.97 Å². The molecule has 1 aliphatic carbocycles. The fourth-order valence-electron chi connectivity index (χ4n) is 1.78. The summed E-state index contributed by atoms with van der Waals surface area (Å²) in [5, 5.41) is 0. The van der Waals surface area contributed by atoms with E-state index < -0.39 is 0 Å². The number of allylic oxidation sites excluding steroid dienone is 2. The Bertz CT molecular complexity index is 241. The van der Waals surface area contributed by atoms with Crippen molar-refractivity contribution in [1.82, 2.24) is 0 Å². The fourth-order valence-corrected chi connectivity index (χ4v) is 1.78. The van der Waals surface area contributed by atoms with Gasteiger partial charge in [-0.2, -0.15) is 0 Å². The molecule has 84 valence electrons. The molecule has 1 rings (SSSR count). The Labute approximate surface area is 92.0 Å². The summed E-state index contributed by atoms with van der Waals surface area (Å²) in [6, 6.07) is 0. The van der Waals surface area contributed by atoms with Gasteiger partial charge in [0, 0.05) is 12.5 Å². The topological polar surface area (TPSA) is 26.3 Å². The molecule has 0 N–H and O–H groups in total. The first-order valence-corrected chi connectivity index (χ1v) is 5.86. The minimum atomic E-state index is -0.335. The Kier molecular flexibility index (Phi) is 5.83. The molecule has 0 aromatic carbocycles. The molecule has 0 saturated carbocycles. The monoisotopic (exact) mass is 208 g/mol. The quantitative estimate of drug-likeness (QED) is 0.510. The SMILES string of the molecule is C=CC(=O)O/C1=C/CCCCCCCC1. The smallest absolute Gasteiger partial charge is 0.335 e. The van der Waals surface area contributed by atoms with Crippen molar-refractivity contribution in [2.45, 2.75) is 51.4 Å². The minimum absolute atomic E-state index is 0.335. The molecule has 2 heteroatoms. The van der Waals surface area contributed by atoms with Crippen molar-refractivity contribution in [3.8, 4) is 0 Å². The Morgan fingerprint density at radius 3 is 2.60 bits per heavy atom. The third-order valence-electron chi connectivity index (χ3n) is 2.65. The van der Waals surface area contributed by atoms with Gasteiger partial charge in [0.1, 0.15) is 5.76 Å². The molecule has 0 amide bonds. The maximum absolute atomic E-state index is 11.1. The normalized spacial score (nSPS) is 22.3. The molecule has 1 aliphatic rings. The zero-order chi connectivity index (χ0) is 10.9. The van der Waals surface area contributed by atoms with Gasteiger partial charge in [0.05, 0.1) is 0 Å². The van der Waals surface area contributed by atoms with E-state index in [1.54, 1.807) is 0 Å². The van der Waals surface area contributed by atoms with Crippen LogP contribution in [0.25, 0.3) is 0 Å². The highest BCUT2D eigenvalue weighted by Crippen LogP contribution is 2.17. The van der Waals surface area contributed by atoms with Gasteiger partial charge in [0.25, 0.3) is 0 Å². The van der Waals surface area contributed by atoms with Crippen molar-refractivity contribution >= 4 is 5.97 Å². The van der Waals surface area contributed by atoms with Gasteiger partial charge in [-0.05, 0) is 25.3 Å². The number of rotatable bonds is 2. The molecule has 0 aromatic heterocycles. The van der Waals surface area contributed by atoms with E-state index in [0.29, 0.717) is 0 Å². The van der Waals surface area contributed by atoms with Gasteiger partial charge in [-0.25, -0.2) is 4.79 Å². The summed E-state index contributed by atoms with van der Waals surface area (Å²) in [6.45, 7) is 3.40. The van der Waals surface area contributed by atoms with E-state index in [1.165, 1.54) is 38.2 Å². The maximum Gasteiger partial charge on any atom is 0.335 e. The van der Waals surface area contributed by atoms with Gasteiger partial charge < -0.3 is 4.74 Å². The average Bonchev–Trinajstić information content (AvgIpc) is 2.27. The van der Waals surface area contributed by atoms with Crippen LogP contribution < -0.4 is 0 Å². The van der Waals surface area contributed by atoms with Crippen LogP contribution in [-0.4, -0.2) is 5.97 Å². The lowest BCUT2D eigenvalue weighted by molar-refractivity contribution is -0.134. The van der Waals surface area contributed by atoms with Crippen LogP contribution in [0.2, 0.25) is 0 Å². The first-order chi connectivity index (χ1) is 7.33. The Hall–Kier alpha value is -1.05. The first-order valence-electron chi connectivity index (χ1n) is 5.86. The van der Waals surface area contributed by atoms with E-state index in [2.05, 4.69) is 12.7 Å². The molecule has 0 spiro atoms. The Balaban J connectivity index is 2.45. The number of esters is 1. The van der Waals surface area contributed by atoms with Crippen LogP contribution >= 0.6 is 0 Å². The lowest BCUT2D eigenvalue weighted by Gasteiger charge is -2.09. The Morgan fingerprint density at radius 1 is 1.20 bits per heavy atom. The largest absolute Gasteiger partial charge is 0.428 e. The molecule has 0 aliphatic heterocycles. The first kappa shape index (κ1) is 12.0. The second-order valence-electron chi connectivity index (χ2n) is 3.96. The van der Waals surface area contributed by atoms with E-state index >= 15 is 0 Å². The van der Waals surface area contributed by atoms with E-state index in [1.807, 2.05) is 0 Å². The third-order valence-corrected chi connectivity index (χ3v) is 2.65. The lowest BCUT2D eigenvalue weighted by Crippen LogP contribution is -2.01. The van der Waals surface area contributed by atoms with Crippen LogP contribution in [0.1, 0.15) is 51.4 Å². The van der Waals surface area contributed by atoms with Gasteiger partial charge in [0.15, 0.2) is 0 Å². The molecule has 0 unspecified atom stereocenters. The molecular formula is C13H20O2. The highest BCUT2D eigenvalue weighted by molar-refractivity contribution is 5.82. The number of carbonyl (C=O) groups excluding carboxylic acids is 1. The molecule has 0 heterocycles. The van der Waals surface area contributed by atoms with Crippen molar-refractivity contribution < 1.29 is 9.53 Å². The van der Waals surface area contributed by atoms with Crippen LogP contribution in [0, 0.1) is 0 Å². The average molecular weight is 208 g/mol. The van der Waals surface area contributed by atoms with Crippen LogP contribution in [-0.2, 0) is 9.53 Å². The van der Waals surface area contributed by atoms with Gasteiger partial charge in [-0.3, -0.25) is 0 Å². The summed E-state index contributed by atoms with van der Waals surface area (Å²) >= 11 is 0. The summed E-state index contributed by atoms with van der Waals surface area (Å²) < 4.78 is 5.18. The predicted molar refractivity (Wildman–Crippen MR) is 61.3 cm³/mol. The van der Waals surface area contributed by atoms with E-state index in [4.69, 9.17) is 4.74 Å². The second-order valence-corrected chi connectivity index (χ2v) is 3.96. The summed E-state index contributed by atoms with van der Waals surface area (Å²) in [7, 11) is 0. The highest BCUT2D eigenvalue weighted by Gasteiger charge is 2.04. The Morgan fingerprint density at radius 2 is 1.87 bits per heavy atom. The molecule has 0 saturated heterocycles. The molecule has 15 heavy (non-hydrogen) atoms. The molecule has 2 nitrogen and oxygen atoms in total. The summed E-state index contributed by atoms with van der Waals surface area (Å²) in [5.41, 5.74) is 0. The fraction of sp³-hybridized carbons (Fsp3) is 0.615. The van der Waals surface area contributed by atoms with Crippen molar-refractivity contribution in [3.63, 3.8) is 0 Å². The second kappa shape index (κ2) is 7.27. The van der Waals surface area contributed by atoms with E-state index in [-0.39, 0.29) is 5.97 Å². The van der Waals surface area contributed by atoms with E-state index in [0.717, 1.165) is 25.0 Å². The van der Waals surface area contributed by atoms with E-state index in [9.17, 15) is 4.79 Å².